The highest BCUT2D eigenvalue weighted by atomic mass is 16.5. The van der Waals surface area contributed by atoms with Crippen molar-refractivity contribution in [1.29, 1.82) is 0 Å². The van der Waals surface area contributed by atoms with Gasteiger partial charge in [-0.2, -0.15) is 0 Å². The van der Waals surface area contributed by atoms with Gasteiger partial charge < -0.3 is 9.64 Å². The molecule has 1 aromatic carbocycles. The van der Waals surface area contributed by atoms with E-state index in [0.29, 0.717) is 13.2 Å². The van der Waals surface area contributed by atoms with Gasteiger partial charge in [-0.05, 0) is 51.9 Å². The first-order valence-corrected chi connectivity index (χ1v) is 8.48. The number of rotatable bonds is 8. The molecule has 1 unspecified atom stereocenters. The third kappa shape index (κ3) is 5.54. The SMILES string of the molecule is CCN(CC)CC(=O)N(C)C(C)COc1c(C)cc(C)cc1C. The first kappa shape index (κ1) is 19.5. The molecule has 1 atom stereocenters. The van der Waals surface area contributed by atoms with Crippen LogP contribution in [0.1, 0.15) is 37.5 Å². The number of carbonyl (C=O) groups is 1. The van der Waals surface area contributed by atoms with Crippen molar-refractivity contribution in [1.82, 2.24) is 9.80 Å². The number of carbonyl (C=O) groups excluding carboxylic acids is 1. The lowest BCUT2D eigenvalue weighted by Gasteiger charge is -2.28. The maximum atomic E-state index is 12.3. The normalized spacial score (nSPS) is 12.3. The van der Waals surface area contributed by atoms with Gasteiger partial charge in [-0.15, -0.1) is 0 Å². The number of aryl methyl sites for hydroxylation is 3. The maximum absolute atomic E-state index is 12.3. The minimum Gasteiger partial charge on any atom is -0.491 e. The van der Waals surface area contributed by atoms with Gasteiger partial charge in [-0.3, -0.25) is 9.69 Å². The number of nitrogens with zero attached hydrogens (tertiary/aromatic N) is 2. The molecular formula is C19H32N2O2. The zero-order valence-electron chi connectivity index (χ0n) is 15.8. The minimum absolute atomic E-state index is 0.0400. The number of ether oxygens (including phenoxy) is 1. The Morgan fingerprint density at radius 3 is 2.13 bits per heavy atom. The standard InChI is InChI=1S/C19H32N2O2/c1-8-21(9-2)12-18(22)20(7)17(6)13-23-19-15(4)10-14(3)11-16(19)5/h10-11,17H,8-9,12-13H2,1-7H3. The average molecular weight is 320 g/mol. The molecule has 0 radical (unpaired) electrons. The molecule has 4 heteroatoms. The first-order chi connectivity index (χ1) is 10.8. The lowest BCUT2D eigenvalue weighted by molar-refractivity contribution is -0.133. The molecule has 1 aromatic rings. The van der Waals surface area contributed by atoms with Crippen molar-refractivity contribution in [3.05, 3.63) is 28.8 Å². The molecule has 0 saturated heterocycles. The Balaban J connectivity index is 2.62. The van der Waals surface area contributed by atoms with E-state index in [-0.39, 0.29) is 11.9 Å². The van der Waals surface area contributed by atoms with Crippen LogP contribution in [-0.2, 0) is 4.79 Å². The van der Waals surface area contributed by atoms with Gasteiger partial charge >= 0.3 is 0 Å². The van der Waals surface area contributed by atoms with Crippen molar-refractivity contribution in [2.24, 2.45) is 0 Å². The number of benzene rings is 1. The Morgan fingerprint density at radius 1 is 1.13 bits per heavy atom. The van der Waals surface area contributed by atoms with E-state index in [4.69, 9.17) is 4.74 Å². The molecule has 0 aromatic heterocycles. The van der Waals surface area contributed by atoms with Gasteiger partial charge in [0.2, 0.25) is 5.91 Å². The van der Waals surface area contributed by atoms with E-state index < -0.39 is 0 Å². The summed E-state index contributed by atoms with van der Waals surface area (Å²) in [4.78, 5) is 16.2. The highest BCUT2D eigenvalue weighted by molar-refractivity contribution is 5.78. The summed E-state index contributed by atoms with van der Waals surface area (Å²) < 4.78 is 6.01. The van der Waals surface area contributed by atoms with Crippen LogP contribution in [-0.4, -0.2) is 55.0 Å². The van der Waals surface area contributed by atoms with E-state index in [1.807, 2.05) is 14.0 Å². The third-order valence-corrected chi connectivity index (χ3v) is 4.38. The highest BCUT2D eigenvalue weighted by Gasteiger charge is 2.18. The molecule has 0 spiro atoms. The summed E-state index contributed by atoms with van der Waals surface area (Å²) in [5.41, 5.74) is 3.53. The largest absolute Gasteiger partial charge is 0.491 e. The van der Waals surface area contributed by atoms with Crippen molar-refractivity contribution in [2.75, 3.05) is 33.3 Å². The van der Waals surface area contributed by atoms with Crippen LogP contribution in [0, 0.1) is 20.8 Å². The summed E-state index contributed by atoms with van der Waals surface area (Å²) in [5, 5.41) is 0. The summed E-state index contributed by atoms with van der Waals surface area (Å²) in [5.74, 6) is 1.08. The second kappa shape index (κ2) is 8.92. The second-order valence-corrected chi connectivity index (χ2v) is 6.35. The Morgan fingerprint density at radius 2 is 1.65 bits per heavy atom. The fraction of sp³-hybridized carbons (Fsp3) is 0.632. The molecule has 0 N–H and O–H groups in total. The van der Waals surface area contributed by atoms with Crippen molar-refractivity contribution < 1.29 is 9.53 Å². The van der Waals surface area contributed by atoms with E-state index in [2.05, 4.69) is 51.7 Å². The van der Waals surface area contributed by atoms with Gasteiger partial charge in [0.25, 0.3) is 0 Å². The summed E-state index contributed by atoms with van der Waals surface area (Å²) in [6, 6.07) is 4.29. The molecule has 1 rings (SSSR count). The third-order valence-electron chi connectivity index (χ3n) is 4.38. The summed E-state index contributed by atoms with van der Waals surface area (Å²) >= 11 is 0. The Labute approximate surface area is 141 Å². The van der Waals surface area contributed by atoms with E-state index in [1.54, 1.807) is 4.90 Å². The van der Waals surface area contributed by atoms with Crippen LogP contribution in [0.2, 0.25) is 0 Å². The molecule has 4 nitrogen and oxygen atoms in total. The fourth-order valence-electron chi connectivity index (χ4n) is 2.71. The first-order valence-electron chi connectivity index (χ1n) is 8.48. The topological polar surface area (TPSA) is 32.8 Å². The quantitative estimate of drug-likeness (QED) is 0.737. The van der Waals surface area contributed by atoms with Gasteiger partial charge in [0.05, 0.1) is 12.6 Å². The predicted octanol–water partition coefficient (Wildman–Crippen LogP) is 3.18. The van der Waals surface area contributed by atoms with Crippen molar-refractivity contribution >= 4 is 5.91 Å². The second-order valence-electron chi connectivity index (χ2n) is 6.35. The lowest BCUT2D eigenvalue weighted by Crippen LogP contribution is -2.44. The zero-order chi connectivity index (χ0) is 17.6. The molecule has 0 aliphatic carbocycles. The van der Waals surface area contributed by atoms with Gasteiger partial charge in [0.1, 0.15) is 12.4 Å². The maximum Gasteiger partial charge on any atom is 0.236 e. The van der Waals surface area contributed by atoms with E-state index in [9.17, 15) is 4.79 Å². The van der Waals surface area contributed by atoms with Crippen LogP contribution >= 0.6 is 0 Å². The molecule has 23 heavy (non-hydrogen) atoms. The van der Waals surface area contributed by atoms with Crippen LogP contribution in [0.4, 0.5) is 0 Å². The monoisotopic (exact) mass is 320 g/mol. The molecular weight excluding hydrogens is 288 g/mol. The zero-order valence-corrected chi connectivity index (χ0v) is 15.8. The molecule has 0 aliphatic rings. The molecule has 1 amide bonds. The average Bonchev–Trinajstić information content (AvgIpc) is 2.50. The molecule has 0 fully saturated rings. The van der Waals surface area contributed by atoms with E-state index in [0.717, 1.165) is 30.0 Å². The van der Waals surface area contributed by atoms with E-state index in [1.165, 1.54) is 5.56 Å². The Hall–Kier alpha value is -1.55. The van der Waals surface area contributed by atoms with Crippen LogP contribution in [0.15, 0.2) is 12.1 Å². The van der Waals surface area contributed by atoms with Gasteiger partial charge in [-0.1, -0.05) is 31.5 Å². The summed E-state index contributed by atoms with van der Waals surface area (Å²) in [6.07, 6.45) is 0. The van der Waals surface area contributed by atoms with Gasteiger partial charge in [0.15, 0.2) is 0 Å². The smallest absolute Gasteiger partial charge is 0.236 e. The lowest BCUT2D eigenvalue weighted by atomic mass is 10.1. The number of hydrogen-bond donors (Lipinski definition) is 0. The number of likely N-dealkylation sites (N-methyl/N-ethyl adjacent to an activating group) is 2. The van der Waals surface area contributed by atoms with Crippen molar-refractivity contribution in [3.8, 4) is 5.75 Å². The van der Waals surface area contributed by atoms with Crippen molar-refractivity contribution in [2.45, 2.75) is 47.6 Å². The molecule has 0 saturated carbocycles. The predicted molar refractivity (Wildman–Crippen MR) is 96.2 cm³/mol. The van der Waals surface area contributed by atoms with Crippen LogP contribution < -0.4 is 4.74 Å². The molecule has 0 aliphatic heterocycles. The minimum atomic E-state index is 0.0400. The number of amides is 1. The molecule has 0 heterocycles. The van der Waals surface area contributed by atoms with Gasteiger partial charge in [0, 0.05) is 7.05 Å². The Kier molecular flexibility index (Phi) is 7.56. The number of hydrogen-bond acceptors (Lipinski definition) is 3. The highest BCUT2D eigenvalue weighted by Crippen LogP contribution is 2.24. The van der Waals surface area contributed by atoms with Gasteiger partial charge in [-0.25, -0.2) is 0 Å². The van der Waals surface area contributed by atoms with Crippen LogP contribution in [0.3, 0.4) is 0 Å². The van der Waals surface area contributed by atoms with Crippen LogP contribution in [0.5, 0.6) is 5.75 Å². The fourth-order valence-corrected chi connectivity index (χ4v) is 2.71. The Bertz CT molecular complexity index is 501. The van der Waals surface area contributed by atoms with Crippen molar-refractivity contribution in [3.63, 3.8) is 0 Å². The van der Waals surface area contributed by atoms with Crippen LogP contribution in [0.25, 0.3) is 0 Å². The summed E-state index contributed by atoms with van der Waals surface area (Å²) in [7, 11) is 1.86. The summed E-state index contributed by atoms with van der Waals surface area (Å²) in [6.45, 7) is 15.2. The molecule has 0 bridgehead atoms. The van der Waals surface area contributed by atoms with E-state index >= 15 is 0 Å². The molecule has 130 valence electrons.